The van der Waals surface area contributed by atoms with Gasteiger partial charge in [0.05, 0.1) is 16.8 Å². The maximum Gasteiger partial charge on any atom is 0.235 e. The molecule has 5 rings (SSSR count). The van der Waals surface area contributed by atoms with Gasteiger partial charge in [-0.1, -0.05) is 13.3 Å². The van der Waals surface area contributed by atoms with Gasteiger partial charge < -0.3 is 25.7 Å². The van der Waals surface area contributed by atoms with E-state index >= 15 is 0 Å². The average molecular weight is 481 g/mol. The molecule has 2 heterocycles. The fourth-order valence-corrected chi connectivity index (χ4v) is 5.30. The molecule has 3 aliphatic rings. The van der Waals surface area contributed by atoms with E-state index in [2.05, 4.69) is 22.5 Å². The summed E-state index contributed by atoms with van der Waals surface area (Å²) in [4.78, 5) is 15.4. The van der Waals surface area contributed by atoms with Gasteiger partial charge in [-0.05, 0) is 68.1 Å². The van der Waals surface area contributed by atoms with E-state index in [-0.39, 0.29) is 17.7 Å². The number of carbonyl (C=O) groups excluding carboxylic acids is 1. The molecule has 1 amide bonds. The van der Waals surface area contributed by atoms with Gasteiger partial charge >= 0.3 is 0 Å². The van der Waals surface area contributed by atoms with Crippen molar-refractivity contribution in [2.45, 2.75) is 50.5 Å². The lowest BCUT2D eigenvalue weighted by Gasteiger charge is -2.36. The maximum atomic E-state index is 14.4. The van der Waals surface area contributed by atoms with Crippen molar-refractivity contribution in [2.75, 3.05) is 30.3 Å². The van der Waals surface area contributed by atoms with E-state index < -0.39 is 17.0 Å². The molecule has 0 unspecified atom stereocenters. The van der Waals surface area contributed by atoms with Crippen LogP contribution in [0.25, 0.3) is 5.70 Å². The molecule has 8 heteroatoms. The standard InChI is InChI=1S/C27H30F2N4O2/c1-2-33-12-7-19(8-13-33)35-24-15-17(14-20-25(24)32-26(34)27(20)9-3-10-27)22(6-11-30)31-23-5-4-18(28)16-21(23)29/h4-6,11,14-16,19,30-31H,2-3,7-10,12-13H2,1H3,(H,32,34)/b22-6-,30-11?. The Morgan fingerprint density at radius 3 is 2.66 bits per heavy atom. The number of nitrogens with zero attached hydrogens (tertiary/aromatic N) is 1. The molecule has 2 aromatic rings. The molecule has 1 spiro atoms. The van der Waals surface area contributed by atoms with Gasteiger partial charge in [-0.3, -0.25) is 4.79 Å². The summed E-state index contributed by atoms with van der Waals surface area (Å²) in [5, 5.41) is 13.7. The van der Waals surface area contributed by atoms with Crippen LogP contribution in [0, 0.1) is 17.0 Å². The summed E-state index contributed by atoms with van der Waals surface area (Å²) in [6.07, 6.45) is 6.98. The molecule has 2 aromatic carbocycles. The zero-order chi connectivity index (χ0) is 24.6. The van der Waals surface area contributed by atoms with E-state index in [1.165, 1.54) is 18.2 Å². The largest absolute Gasteiger partial charge is 0.488 e. The van der Waals surface area contributed by atoms with Crippen molar-refractivity contribution in [1.29, 1.82) is 5.41 Å². The molecule has 184 valence electrons. The molecule has 35 heavy (non-hydrogen) atoms. The van der Waals surface area contributed by atoms with Gasteiger partial charge in [0.25, 0.3) is 0 Å². The first-order valence-corrected chi connectivity index (χ1v) is 12.3. The quantitative estimate of drug-likeness (QED) is 0.470. The summed E-state index contributed by atoms with van der Waals surface area (Å²) in [6, 6.07) is 7.10. The molecule has 6 nitrogen and oxygen atoms in total. The Kier molecular flexibility index (Phi) is 6.32. The molecule has 0 atom stereocenters. The Morgan fingerprint density at radius 1 is 1.26 bits per heavy atom. The summed E-state index contributed by atoms with van der Waals surface area (Å²) in [5.74, 6) is -0.795. The number of anilines is 2. The number of hydrogen-bond acceptors (Lipinski definition) is 5. The van der Waals surface area contributed by atoms with E-state index in [9.17, 15) is 13.6 Å². The van der Waals surface area contributed by atoms with Gasteiger partial charge in [0, 0.05) is 36.6 Å². The van der Waals surface area contributed by atoms with E-state index in [1.807, 2.05) is 12.1 Å². The van der Waals surface area contributed by atoms with Crippen LogP contribution in [-0.2, 0) is 10.2 Å². The molecular formula is C27H30F2N4O2. The van der Waals surface area contributed by atoms with Crippen molar-refractivity contribution in [1.82, 2.24) is 4.90 Å². The van der Waals surface area contributed by atoms with Gasteiger partial charge in [-0.15, -0.1) is 0 Å². The highest BCUT2D eigenvalue weighted by Gasteiger charge is 2.52. The van der Waals surface area contributed by atoms with Crippen molar-refractivity contribution in [3.63, 3.8) is 0 Å². The third-order valence-corrected chi connectivity index (χ3v) is 7.53. The first kappa shape index (κ1) is 23.5. The molecule has 1 saturated carbocycles. The summed E-state index contributed by atoms with van der Waals surface area (Å²) in [6.45, 7) is 5.09. The third-order valence-electron chi connectivity index (χ3n) is 7.53. The number of ether oxygens (including phenoxy) is 1. The number of hydrogen-bond donors (Lipinski definition) is 3. The van der Waals surface area contributed by atoms with Crippen molar-refractivity contribution in [3.8, 4) is 5.75 Å². The van der Waals surface area contributed by atoms with Crippen molar-refractivity contribution >= 4 is 29.2 Å². The number of fused-ring (bicyclic) bond motifs is 2. The van der Waals surface area contributed by atoms with Crippen LogP contribution in [0.3, 0.4) is 0 Å². The van der Waals surface area contributed by atoms with Crippen LogP contribution in [0.1, 0.15) is 50.2 Å². The zero-order valence-electron chi connectivity index (χ0n) is 19.8. The average Bonchev–Trinajstić information content (AvgIpc) is 3.13. The number of halogens is 2. The Labute approximate surface area is 203 Å². The summed E-state index contributed by atoms with van der Waals surface area (Å²) in [7, 11) is 0. The van der Waals surface area contributed by atoms with Crippen LogP contribution in [0.15, 0.2) is 36.4 Å². The minimum Gasteiger partial charge on any atom is -0.488 e. The van der Waals surface area contributed by atoms with Crippen LogP contribution in [-0.4, -0.2) is 42.8 Å². The fourth-order valence-electron chi connectivity index (χ4n) is 5.30. The Morgan fingerprint density at radius 2 is 2.03 bits per heavy atom. The van der Waals surface area contributed by atoms with Gasteiger partial charge in [0.2, 0.25) is 5.91 Å². The second kappa shape index (κ2) is 9.41. The summed E-state index contributed by atoms with van der Waals surface area (Å²) in [5.41, 5.74) is 2.30. The number of likely N-dealkylation sites (tertiary alicyclic amines) is 1. The fraction of sp³-hybridized carbons (Fsp3) is 0.407. The van der Waals surface area contributed by atoms with Crippen LogP contribution in [0.5, 0.6) is 5.75 Å². The van der Waals surface area contributed by atoms with Gasteiger partial charge in [0.1, 0.15) is 23.5 Å². The first-order chi connectivity index (χ1) is 16.9. The molecule has 1 aliphatic carbocycles. The topological polar surface area (TPSA) is 77.5 Å². The van der Waals surface area contributed by atoms with Crippen LogP contribution in [0.4, 0.5) is 20.2 Å². The number of nitrogens with one attached hydrogen (secondary N) is 3. The SMILES string of the molecule is CCN1CCC(Oc2cc(/C(=C/C=N)Nc3ccc(F)cc3F)cc3c2NC(=O)C32CCC2)CC1. The number of carbonyl (C=O) groups is 1. The normalized spacial score (nSPS) is 19.7. The molecule has 2 fully saturated rings. The highest BCUT2D eigenvalue weighted by Crippen LogP contribution is 2.54. The minimum atomic E-state index is -0.728. The highest BCUT2D eigenvalue weighted by molar-refractivity contribution is 6.09. The summed E-state index contributed by atoms with van der Waals surface area (Å²) < 4.78 is 34.3. The number of allylic oxidation sites excluding steroid dienone is 1. The van der Waals surface area contributed by atoms with E-state index in [4.69, 9.17) is 10.1 Å². The number of piperidine rings is 1. The number of benzene rings is 2. The van der Waals surface area contributed by atoms with E-state index in [0.29, 0.717) is 17.0 Å². The van der Waals surface area contributed by atoms with Gasteiger partial charge in [0.15, 0.2) is 0 Å². The van der Waals surface area contributed by atoms with Crippen LogP contribution in [0.2, 0.25) is 0 Å². The lowest BCUT2D eigenvalue weighted by Crippen LogP contribution is -2.40. The van der Waals surface area contributed by atoms with Crippen molar-refractivity contribution in [3.05, 3.63) is 59.2 Å². The first-order valence-electron chi connectivity index (χ1n) is 12.3. The lowest BCUT2D eigenvalue weighted by molar-refractivity contribution is -0.123. The molecule has 0 aromatic heterocycles. The zero-order valence-corrected chi connectivity index (χ0v) is 19.8. The minimum absolute atomic E-state index is 0.00308. The Bertz CT molecular complexity index is 1180. The number of amides is 1. The van der Waals surface area contributed by atoms with Crippen LogP contribution < -0.4 is 15.4 Å². The maximum absolute atomic E-state index is 14.4. The van der Waals surface area contributed by atoms with Gasteiger partial charge in [-0.2, -0.15) is 0 Å². The van der Waals surface area contributed by atoms with Crippen molar-refractivity contribution in [2.24, 2.45) is 0 Å². The van der Waals surface area contributed by atoms with Crippen LogP contribution >= 0.6 is 0 Å². The molecule has 3 N–H and O–H groups in total. The Balaban J connectivity index is 1.53. The van der Waals surface area contributed by atoms with Gasteiger partial charge in [-0.25, -0.2) is 8.78 Å². The second-order valence-electron chi connectivity index (χ2n) is 9.53. The monoisotopic (exact) mass is 480 g/mol. The lowest BCUT2D eigenvalue weighted by atomic mass is 9.65. The molecular weight excluding hydrogens is 450 g/mol. The smallest absolute Gasteiger partial charge is 0.235 e. The van der Waals surface area contributed by atoms with Crippen molar-refractivity contribution < 1.29 is 18.3 Å². The number of rotatable bonds is 7. The second-order valence-corrected chi connectivity index (χ2v) is 9.53. The molecule has 0 bridgehead atoms. The predicted octanol–water partition coefficient (Wildman–Crippen LogP) is 5.30. The molecule has 0 radical (unpaired) electrons. The molecule has 1 saturated heterocycles. The van der Waals surface area contributed by atoms with E-state index in [1.54, 1.807) is 0 Å². The highest BCUT2D eigenvalue weighted by atomic mass is 19.1. The third kappa shape index (κ3) is 4.31. The Hall–Kier alpha value is -3.26. The molecule has 2 aliphatic heterocycles. The predicted molar refractivity (Wildman–Crippen MR) is 133 cm³/mol. The van der Waals surface area contributed by atoms with E-state index in [0.717, 1.165) is 75.3 Å². The summed E-state index contributed by atoms with van der Waals surface area (Å²) >= 11 is 0.